The summed E-state index contributed by atoms with van der Waals surface area (Å²) in [5, 5.41) is 3.19. The molecule has 2 N–H and O–H groups in total. The minimum Gasteiger partial charge on any atom is -0.313 e. The summed E-state index contributed by atoms with van der Waals surface area (Å²) in [6.07, 6.45) is 2.00. The monoisotopic (exact) mass is 372 g/mol. The first kappa shape index (κ1) is 16.8. The Morgan fingerprint density at radius 1 is 1.47 bits per heavy atom. The fraction of sp³-hybridized carbons (Fsp3) is 0.455. The number of rotatable bonds is 4. The topological polar surface area (TPSA) is 58.2 Å². The average molecular weight is 374 g/mol. The zero-order valence-electron chi connectivity index (χ0n) is 10.0. The van der Waals surface area contributed by atoms with Gasteiger partial charge in [-0.05, 0) is 53.5 Å². The van der Waals surface area contributed by atoms with Gasteiger partial charge < -0.3 is 5.32 Å². The summed E-state index contributed by atoms with van der Waals surface area (Å²) in [6.45, 7) is 1.24. The Kier molecular flexibility index (Phi) is 6.19. The van der Waals surface area contributed by atoms with Crippen molar-refractivity contribution in [1.82, 2.24) is 10.0 Å². The number of hydrogen-bond acceptors (Lipinski definition) is 3. The second-order valence-corrected chi connectivity index (χ2v) is 6.81. The van der Waals surface area contributed by atoms with E-state index in [4.69, 9.17) is 0 Å². The Morgan fingerprint density at radius 2 is 2.21 bits per heavy atom. The summed E-state index contributed by atoms with van der Waals surface area (Å²) in [6, 6.07) is 3.76. The van der Waals surface area contributed by atoms with E-state index in [1.165, 1.54) is 12.1 Å². The van der Waals surface area contributed by atoms with E-state index < -0.39 is 15.8 Å². The first-order valence-corrected chi connectivity index (χ1v) is 7.95. The van der Waals surface area contributed by atoms with Crippen LogP contribution in [-0.4, -0.2) is 27.5 Å². The van der Waals surface area contributed by atoms with Crippen molar-refractivity contribution in [3.63, 3.8) is 0 Å². The highest BCUT2D eigenvalue weighted by Crippen LogP contribution is 2.22. The van der Waals surface area contributed by atoms with Crippen molar-refractivity contribution in [3.05, 3.63) is 28.5 Å². The van der Waals surface area contributed by atoms with Gasteiger partial charge in [-0.25, -0.2) is 17.5 Å². The number of nitrogens with one attached hydrogen (secondary N) is 2. The number of benzene rings is 1. The minimum absolute atomic E-state index is 0. The molecule has 1 atom stereocenters. The Bertz CT molecular complexity index is 535. The Balaban J connectivity index is 0.00000180. The largest absolute Gasteiger partial charge is 0.313 e. The molecule has 0 bridgehead atoms. The molecule has 0 amide bonds. The number of hydrogen-bond donors (Lipinski definition) is 2. The second kappa shape index (κ2) is 6.99. The molecule has 8 heteroatoms. The van der Waals surface area contributed by atoms with E-state index in [0.29, 0.717) is 11.0 Å². The summed E-state index contributed by atoms with van der Waals surface area (Å²) in [7, 11) is -3.68. The summed E-state index contributed by atoms with van der Waals surface area (Å²) in [4.78, 5) is -0.0690. The molecule has 19 heavy (non-hydrogen) atoms. The molecule has 1 aromatic rings. The number of halogens is 3. The van der Waals surface area contributed by atoms with Gasteiger partial charge in [0.2, 0.25) is 10.0 Å². The molecule has 1 aliphatic heterocycles. The molecular formula is C11H15BrClFN2O2S. The zero-order chi connectivity index (χ0) is 13.2. The van der Waals surface area contributed by atoms with Gasteiger partial charge in [0.15, 0.2) is 0 Å². The third kappa shape index (κ3) is 4.39. The van der Waals surface area contributed by atoms with Gasteiger partial charge in [-0.15, -0.1) is 12.4 Å². The highest BCUT2D eigenvalue weighted by Gasteiger charge is 2.21. The minimum atomic E-state index is -3.68. The van der Waals surface area contributed by atoms with Gasteiger partial charge in [-0.2, -0.15) is 0 Å². The van der Waals surface area contributed by atoms with E-state index in [0.717, 1.165) is 25.5 Å². The van der Waals surface area contributed by atoms with Crippen LogP contribution >= 0.6 is 28.3 Å². The molecule has 1 aromatic carbocycles. The van der Waals surface area contributed by atoms with E-state index in [1.807, 2.05) is 0 Å². The van der Waals surface area contributed by atoms with E-state index in [-0.39, 0.29) is 23.3 Å². The van der Waals surface area contributed by atoms with Crippen LogP contribution < -0.4 is 10.0 Å². The van der Waals surface area contributed by atoms with Gasteiger partial charge in [-0.1, -0.05) is 0 Å². The standard InChI is InChI=1S/C11H14BrFN2O2S.ClH/c12-10-4-3-8(13)6-11(10)18(16,17)15-7-9-2-1-5-14-9;/h3-4,6,9,14-15H,1-2,5,7H2;1H. The maximum absolute atomic E-state index is 13.1. The highest BCUT2D eigenvalue weighted by atomic mass is 79.9. The molecule has 1 unspecified atom stereocenters. The van der Waals surface area contributed by atoms with Crippen LogP contribution in [0.2, 0.25) is 0 Å². The molecule has 2 rings (SSSR count). The molecule has 1 aliphatic rings. The predicted molar refractivity (Wildman–Crippen MR) is 77.6 cm³/mol. The van der Waals surface area contributed by atoms with Crippen LogP contribution in [0.1, 0.15) is 12.8 Å². The summed E-state index contributed by atoms with van der Waals surface area (Å²) in [5.74, 6) is -0.572. The van der Waals surface area contributed by atoms with Crippen LogP contribution in [0, 0.1) is 5.82 Å². The molecule has 1 saturated heterocycles. The van der Waals surface area contributed by atoms with Crippen LogP contribution in [0.3, 0.4) is 0 Å². The van der Waals surface area contributed by atoms with Crippen LogP contribution in [0.25, 0.3) is 0 Å². The summed E-state index contributed by atoms with van der Waals surface area (Å²) >= 11 is 3.12. The lowest BCUT2D eigenvalue weighted by Crippen LogP contribution is -2.37. The van der Waals surface area contributed by atoms with Gasteiger partial charge in [-0.3, -0.25) is 0 Å². The maximum Gasteiger partial charge on any atom is 0.241 e. The van der Waals surface area contributed by atoms with Crippen molar-refractivity contribution in [2.24, 2.45) is 0 Å². The van der Waals surface area contributed by atoms with Crippen LogP contribution in [0.15, 0.2) is 27.6 Å². The first-order valence-electron chi connectivity index (χ1n) is 5.67. The van der Waals surface area contributed by atoms with Crippen LogP contribution in [0.4, 0.5) is 4.39 Å². The van der Waals surface area contributed by atoms with Gasteiger partial charge in [0.1, 0.15) is 5.82 Å². The lowest BCUT2D eigenvalue weighted by molar-refractivity contribution is 0.549. The Hall–Kier alpha value is -0.210. The lowest BCUT2D eigenvalue weighted by Gasteiger charge is -2.12. The molecule has 0 aliphatic carbocycles. The van der Waals surface area contributed by atoms with Gasteiger partial charge in [0.05, 0.1) is 4.90 Å². The van der Waals surface area contributed by atoms with Gasteiger partial charge in [0.25, 0.3) is 0 Å². The Morgan fingerprint density at radius 3 is 2.84 bits per heavy atom. The van der Waals surface area contributed by atoms with Crippen molar-refractivity contribution in [3.8, 4) is 0 Å². The van der Waals surface area contributed by atoms with Crippen molar-refractivity contribution < 1.29 is 12.8 Å². The highest BCUT2D eigenvalue weighted by molar-refractivity contribution is 9.10. The molecule has 0 spiro atoms. The van der Waals surface area contributed by atoms with Crippen LogP contribution in [-0.2, 0) is 10.0 Å². The third-order valence-corrected chi connectivity index (χ3v) is 5.28. The normalized spacial score (nSPS) is 19.2. The lowest BCUT2D eigenvalue weighted by atomic mass is 10.2. The van der Waals surface area contributed by atoms with Crippen molar-refractivity contribution in [2.45, 2.75) is 23.8 Å². The zero-order valence-corrected chi connectivity index (χ0v) is 13.2. The Labute approximate surface area is 126 Å². The smallest absolute Gasteiger partial charge is 0.241 e. The maximum atomic E-state index is 13.1. The fourth-order valence-corrected chi connectivity index (χ4v) is 3.96. The SMILES string of the molecule is Cl.O=S(=O)(NCC1CCCN1)c1cc(F)ccc1Br. The second-order valence-electron chi connectivity index (χ2n) is 4.22. The molecule has 0 aromatic heterocycles. The van der Waals surface area contributed by atoms with Crippen molar-refractivity contribution in [2.75, 3.05) is 13.1 Å². The molecule has 1 fully saturated rings. The third-order valence-electron chi connectivity index (χ3n) is 2.86. The fourth-order valence-electron chi connectivity index (χ4n) is 1.90. The van der Waals surface area contributed by atoms with Gasteiger partial charge >= 0.3 is 0 Å². The van der Waals surface area contributed by atoms with E-state index in [9.17, 15) is 12.8 Å². The van der Waals surface area contributed by atoms with Gasteiger partial charge in [0, 0.05) is 17.1 Å². The van der Waals surface area contributed by atoms with E-state index in [1.54, 1.807) is 0 Å². The van der Waals surface area contributed by atoms with E-state index in [2.05, 4.69) is 26.0 Å². The van der Waals surface area contributed by atoms with Crippen molar-refractivity contribution in [1.29, 1.82) is 0 Å². The molecule has 0 saturated carbocycles. The molecular weight excluding hydrogens is 359 g/mol. The quantitative estimate of drug-likeness (QED) is 0.849. The molecule has 0 radical (unpaired) electrons. The van der Waals surface area contributed by atoms with Crippen molar-refractivity contribution >= 4 is 38.4 Å². The average Bonchev–Trinajstić information content (AvgIpc) is 2.83. The van der Waals surface area contributed by atoms with Crippen LogP contribution in [0.5, 0.6) is 0 Å². The molecule has 1 heterocycles. The summed E-state index contributed by atoms with van der Waals surface area (Å²) < 4.78 is 40.0. The molecule has 108 valence electrons. The van der Waals surface area contributed by atoms with E-state index >= 15 is 0 Å². The molecule has 4 nitrogen and oxygen atoms in total. The first-order chi connectivity index (χ1) is 8.49. The number of sulfonamides is 1. The summed E-state index contributed by atoms with van der Waals surface area (Å²) in [5.41, 5.74) is 0. The predicted octanol–water partition coefficient (Wildman–Crippen LogP) is 2.04.